The molecule has 2 aromatic heterocycles. The van der Waals surface area contributed by atoms with Gasteiger partial charge in [0.15, 0.2) is 11.3 Å². The first kappa shape index (κ1) is 12.0. The van der Waals surface area contributed by atoms with Crippen molar-refractivity contribution in [2.75, 3.05) is 7.11 Å². The van der Waals surface area contributed by atoms with Gasteiger partial charge in [-0.3, -0.25) is 0 Å². The van der Waals surface area contributed by atoms with Gasteiger partial charge in [0.05, 0.1) is 7.11 Å². The van der Waals surface area contributed by atoms with E-state index in [0.29, 0.717) is 5.69 Å². The summed E-state index contributed by atoms with van der Waals surface area (Å²) in [4.78, 5) is 15.7. The van der Waals surface area contributed by atoms with Crippen molar-refractivity contribution >= 4 is 11.6 Å². The van der Waals surface area contributed by atoms with Crippen LogP contribution in [0.25, 0.3) is 5.65 Å². The molecule has 1 aliphatic carbocycles. The molecular formula is C12H11F2N3O2. The number of hydrogen-bond acceptors (Lipinski definition) is 4. The Bertz CT molecular complexity index is 650. The Hall–Kier alpha value is -2.05. The highest BCUT2D eigenvalue weighted by atomic mass is 19.3. The Morgan fingerprint density at radius 1 is 1.47 bits per heavy atom. The summed E-state index contributed by atoms with van der Waals surface area (Å²) >= 11 is 0. The number of fused-ring (bicyclic) bond motifs is 1. The largest absolute Gasteiger partial charge is 0.464 e. The average Bonchev–Trinajstić information content (AvgIpc) is 3.15. The van der Waals surface area contributed by atoms with Crippen molar-refractivity contribution < 1.29 is 18.3 Å². The van der Waals surface area contributed by atoms with Gasteiger partial charge in [0.25, 0.3) is 6.43 Å². The summed E-state index contributed by atoms with van der Waals surface area (Å²) in [5.74, 6) is -0.419. The molecule has 7 heteroatoms. The van der Waals surface area contributed by atoms with Crippen molar-refractivity contribution in [1.29, 1.82) is 0 Å². The van der Waals surface area contributed by atoms with E-state index in [-0.39, 0.29) is 23.0 Å². The van der Waals surface area contributed by atoms with Crippen molar-refractivity contribution in [1.82, 2.24) is 14.6 Å². The third kappa shape index (κ3) is 2.05. The van der Waals surface area contributed by atoms with Crippen LogP contribution in [0, 0.1) is 0 Å². The minimum absolute atomic E-state index is 0.0233. The van der Waals surface area contributed by atoms with Crippen LogP contribution in [-0.4, -0.2) is 27.7 Å². The van der Waals surface area contributed by atoms with E-state index in [1.165, 1.54) is 19.2 Å². The zero-order chi connectivity index (χ0) is 13.6. The Morgan fingerprint density at radius 2 is 2.21 bits per heavy atom. The predicted molar refractivity (Wildman–Crippen MR) is 61.3 cm³/mol. The molecule has 1 aliphatic rings. The molecule has 1 fully saturated rings. The zero-order valence-corrected chi connectivity index (χ0v) is 10.1. The van der Waals surface area contributed by atoms with Crippen molar-refractivity contribution in [3.63, 3.8) is 0 Å². The average molecular weight is 267 g/mol. The van der Waals surface area contributed by atoms with Crippen LogP contribution >= 0.6 is 0 Å². The quantitative estimate of drug-likeness (QED) is 0.801. The summed E-state index contributed by atoms with van der Waals surface area (Å²) in [6.45, 7) is 0. The van der Waals surface area contributed by atoms with E-state index in [1.807, 2.05) is 0 Å². The number of esters is 1. The number of aromatic nitrogens is 3. The number of carbonyl (C=O) groups is 1. The van der Waals surface area contributed by atoms with E-state index in [1.54, 1.807) is 0 Å². The molecular weight excluding hydrogens is 256 g/mol. The predicted octanol–water partition coefficient (Wildman–Crippen LogP) is 2.33. The number of hydrogen-bond donors (Lipinski definition) is 0. The molecule has 0 atom stereocenters. The van der Waals surface area contributed by atoms with E-state index in [2.05, 4.69) is 14.8 Å². The fraction of sp³-hybridized carbons (Fsp3) is 0.417. The summed E-state index contributed by atoms with van der Waals surface area (Å²) < 4.78 is 31.6. The van der Waals surface area contributed by atoms with E-state index in [9.17, 15) is 13.6 Å². The van der Waals surface area contributed by atoms with E-state index in [0.717, 1.165) is 17.4 Å². The number of carbonyl (C=O) groups excluding carboxylic acids is 1. The van der Waals surface area contributed by atoms with Gasteiger partial charge in [-0.1, -0.05) is 0 Å². The number of nitrogens with zero attached hydrogens (tertiary/aromatic N) is 3. The van der Waals surface area contributed by atoms with Gasteiger partial charge < -0.3 is 4.74 Å². The highest BCUT2D eigenvalue weighted by Gasteiger charge is 2.28. The van der Waals surface area contributed by atoms with Gasteiger partial charge in [0, 0.05) is 17.7 Å². The highest BCUT2D eigenvalue weighted by Crippen LogP contribution is 2.40. The Balaban J connectivity index is 2.18. The maximum absolute atomic E-state index is 13.0. The lowest BCUT2D eigenvalue weighted by Gasteiger charge is -2.06. The van der Waals surface area contributed by atoms with Crippen LogP contribution in [0.2, 0.25) is 0 Å². The van der Waals surface area contributed by atoms with Crippen molar-refractivity contribution in [2.24, 2.45) is 0 Å². The van der Waals surface area contributed by atoms with Gasteiger partial charge in [-0.05, 0) is 18.9 Å². The van der Waals surface area contributed by atoms with E-state index >= 15 is 0 Å². The molecule has 1 saturated carbocycles. The summed E-state index contributed by atoms with van der Waals surface area (Å²) in [6, 6.07) is 2.73. The fourth-order valence-corrected chi connectivity index (χ4v) is 1.97. The lowest BCUT2D eigenvalue weighted by atomic mass is 10.2. The maximum atomic E-state index is 13.0. The Kier molecular flexibility index (Phi) is 2.69. The lowest BCUT2D eigenvalue weighted by Crippen LogP contribution is -2.05. The standard InChI is InChI=1S/C12H11F2N3O2/c1-19-12(18)8-5-10-15-7(6-2-3-6)4-9(11(13)14)17(10)16-8/h4-6,11H,2-3H2,1H3. The van der Waals surface area contributed by atoms with E-state index in [4.69, 9.17) is 0 Å². The van der Waals surface area contributed by atoms with Crippen LogP contribution in [0.3, 0.4) is 0 Å². The third-order valence-corrected chi connectivity index (χ3v) is 3.09. The molecule has 2 heterocycles. The molecule has 5 nitrogen and oxygen atoms in total. The van der Waals surface area contributed by atoms with Crippen molar-refractivity contribution in [3.8, 4) is 0 Å². The van der Waals surface area contributed by atoms with Crippen molar-refractivity contribution in [2.45, 2.75) is 25.2 Å². The number of halogens is 2. The second-order valence-electron chi connectivity index (χ2n) is 4.47. The number of methoxy groups -OCH3 is 1. The van der Waals surface area contributed by atoms with Crippen LogP contribution in [0.1, 0.15) is 47.1 Å². The molecule has 0 unspecified atom stereocenters. The minimum atomic E-state index is -2.67. The number of alkyl halides is 2. The molecule has 0 aliphatic heterocycles. The van der Waals surface area contributed by atoms with Crippen LogP contribution < -0.4 is 0 Å². The molecule has 0 radical (unpaired) electrons. The minimum Gasteiger partial charge on any atom is -0.464 e. The fourth-order valence-electron chi connectivity index (χ4n) is 1.97. The molecule has 100 valence electrons. The molecule has 3 rings (SSSR count). The number of rotatable bonds is 3. The number of ether oxygens (including phenoxy) is 1. The summed E-state index contributed by atoms with van der Waals surface area (Å²) in [5.41, 5.74) is 0.617. The first-order chi connectivity index (χ1) is 9.10. The molecule has 0 saturated heterocycles. The smallest absolute Gasteiger partial charge is 0.358 e. The SMILES string of the molecule is COC(=O)c1cc2nc(C3CC3)cc(C(F)F)n2n1. The van der Waals surface area contributed by atoms with Crippen LogP contribution in [0.4, 0.5) is 8.78 Å². The first-order valence-electron chi connectivity index (χ1n) is 5.87. The molecule has 0 amide bonds. The Morgan fingerprint density at radius 3 is 2.79 bits per heavy atom. The first-order valence-corrected chi connectivity index (χ1v) is 5.87. The van der Waals surface area contributed by atoms with Gasteiger partial charge in [-0.2, -0.15) is 5.10 Å². The van der Waals surface area contributed by atoms with Gasteiger partial charge in [0.2, 0.25) is 0 Å². The molecule has 0 N–H and O–H groups in total. The molecule has 0 bridgehead atoms. The normalized spacial score (nSPS) is 15.2. The topological polar surface area (TPSA) is 56.5 Å². The van der Waals surface area contributed by atoms with Crippen LogP contribution in [0.5, 0.6) is 0 Å². The molecule has 0 aromatic carbocycles. The zero-order valence-electron chi connectivity index (χ0n) is 10.1. The molecule has 2 aromatic rings. The van der Waals surface area contributed by atoms with Gasteiger partial charge in [0.1, 0.15) is 5.69 Å². The molecule has 0 spiro atoms. The van der Waals surface area contributed by atoms with E-state index < -0.39 is 12.4 Å². The third-order valence-electron chi connectivity index (χ3n) is 3.09. The van der Waals surface area contributed by atoms with Crippen LogP contribution in [-0.2, 0) is 4.74 Å². The summed E-state index contributed by atoms with van der Waals surface area (Å²) in [7, 11) is 1.21. The maximum Gasteiger partial charge on any atom is 0.358 e. The Labute approximate surface area is 107 Å². The highest BCUT2D eigenvalue weighted by molar-refractivity contribution is 5.88. The molecule has 19 heavy (non-hydrogen) atoms. The second-order valence-corrected chi connectivity index (χ2v) is 4.47. The summed E-state index contributed by atoms with van der Waals surface area (Å²) in [5, 5.41) is 3.83. The van der Waals surface area contributed by atoms with Gasteiger partial charge in [-0.15, -0.1) is 0 Å². The van der Waals surface area contributed by atoms with Crippen LogP contribution in [0.15, 0.2) is 12.1 Å². The monoisotopic (exact) mass is 267 g/mol. The van der Waals surface area contributed by atoms with Gasteiger partial charge >= 0.3 is 5.97 Å². The summed E-state index contributed by atoms with van der Waals surface area (Å²) in [6.07, 6.45) is -0.748. The second kappa shape index (κ2) is 4.25. The van der Waals surface area contributed by atoms with Gasteiger partial charge in [-0.25, -0.2) is 23.1 Å². The lowest BCUT2D eigenvalue weighted by molar-refractivity contribution is 0.0593. The van der Waals surface area contributed by atoms with Crippen molar-refractivity contribution in [3.05, 3.63) is 29.2 Å².